The maximum absolute atomic E-state index is 2.54. The van der Waals surface area contributed by atoms with E-state index in [4.69, 9.17) is 0 Å². The molecule has 2 saturated carbocycles. The van der Waals surface area contributed by atoms with E-state index in [1.807, 2.05) is 0 Å². The van der Waals surface area contributed by atoms with Gasteiger partial charge in [-0.2, -0.15) is 0 Å². The summed E-state index contributed by atoms with van der Waals surface area (Å²) in [6.45, 7) is 1.34. The normalized spacial score (nSPS) is 26.5. The first-order valence-electron chi connectivity index (χ1n) is 5.42. The molecule has 2 rings (SSSR count). The lowest BCUT2D eigenvalue weighted by atomic mass is 9.94. The van der Waals surface area contributed by atoms with Crippen molar-refractivity contribution in [1.82, 2.24) is 4.90 Å². The summed E-state index contributed by atoms with van der Waals surface area (Å²) in [7, 11) is 2.29. The molecular formula is C11H20N. The van der Waals surface area contributed by atoms with E-state index >= 15 is 0 Å². The van der Waals surface area contributed by atoms with Gasteiger partial charge in [-0.1, -0.05) is 19.3 Å². The van der Waals surface area contributed by atoms with E-state index in [9.17, 15) is 0 Å². The zero-order valence-electron chi connectivity index (χ0n) is 8.18. The van der Waals surface area contributed by atoms with Gasteiger partial charge in [0.1, 0.15) is 0 Å². The van der Waals surface area contributed by atoms with Crippen molar-refractivity contribution < 1.29 is 0 Å². The summed E-state index contributed by atoms with van der Waals surface area (Å²) in [5, 5.41) is 0. The van der Waals surface area contributed by atoms with Crippen LogP contribution in [0, 0.1) is 12.0 Å². The first-order valence-corrected chi connectivity index (χ1v) is 5.42. The second-order valence-electron chi connectivity index (χ2n) is 4.45. The van der Waals surface area contributed by atoms with Crippen LogP contribution in [0.25, 0.3) is 0 Å². The lowest BCUT2D eigenvalue weighted by Gasteiger charge is -2.30. The molecular weight excluding hydrogens is 146 g/mol. The maximum Gasteiger partial charge on any atom is 0.0390 e. The third-order valence-corrected chi connectivity index (χ3v) is 3.20. The molecule has 0 aliphatic heterocycles. The highest BCUT2D eigenvalue weighted by molar-refractivity contribution is 4.92. The Bertz CT molecular complexity index is 134. The highest BCUT2D eigenvalue weighted by atomic mass is 15.1. The second kappa shape index (κ2) is 3.78. The van der Waals surface area contributed by atoms with Crippen molar-refractivity contribution in [2.24, 2.45) is 5.92 Å². The minimum Gasteiger partial charge on any atom is -0.299 e. The molecule has 1 heteroatoms. The molecule has 0 aromatic heterocycles. The van der Waals surface area contributed by atoms with Crippen LogP contribution in [-0.4, -0.2) is 18.5 Å². The number of nitrogens with zero attached hydrogens (tertiary/aromatic N) is 1. The van der Waals surface area contributed by atoms with Crippen LogP contribution in [0.5, 0.6) is 0 Å². The van der Waals surface area contributed by atoms with Crippen LogP contribution in [0.15, 0.2) is 0 Å². The molecule has 0 bridgehead atoms. The molecule has 1 nitrogen and oxygen atoms in total. The molecule has 2 aliphatic carbocycles. The molecule has 2 fully saturated rings. The highest BCUT2D eigenvalue weighted by Gasteiger charge is 2.26. The molecule has 0 aromatic carbocycles. The summed E-state index contributed by atoms with van der Waals surface area (Å²) >= 11 is 0. The van der Waals surface area contributed by atoms with Gasteiger partial charge in [0.25, 0.3) is 0 Å². The number of hydrogen-bond acceptors (Lipinski definition) is 1. The van der Waals surface area contributed by atoms with Gasteiger partial charge in [-0.3, -0.25) is 4.90 Å². The SMILES string of the molecule is CN(CC1CC1)[C]1CCCCC1. The van der Waals surface area contributed by atoms with Crippen molar-refractivity contribution in [1.29, 1.82) is 0 Å². The summed E-state index contributed by atoms with van der Waals surface area (Å²) in [5.74, 6) is 1.05. The summed E-state index contributed by atoms with van der Waals surface area (Å²) in [5.41, 5.74) is 0. The van der Waals surface area contributed by atoms with Crippen LogP contribution in [0.2, 0.25) is 0 Å². The van der Waals surface area contributed by atoms with Crippen LogP contribution < -0.4 is 0 Å². The second-order valence-corrected chi connectivity index (χ2v) is 4.45. The Morgan fingerprint density at radius 3 is 2.42 bits per heavy atom. The van der Waals surface area contributed by atoms with Crippen LogP contribution in [0.1, 0.15) is 44.9 Å². The quantitative estimate of drug-likeness (QED) is 0.623. The third kappa shape index (κ3) is 2.22. The Hall–Kier alpha value is -0.0400. The standard InChI is InChI=1S/C11H20N/c1-12(9-10-7-8-10)11-5-3-2-4-6-11/h10H,2-9H2,1H3. The Balaban J connectivity index is 1.72. The zero-order chi connectivity index (χ0) is 8.39. The minimum absolute atomic E-state index is 1.05. The monoisotopic (exact) mass is 166 g/mol. The van der Waals surface area contributed by atoms with Gasteiger partial charge in [0, 0.05) is 12.6 Å². The fourth-order valence-electron chi connectivity index (χ4n) is 2.16. The molecule has 0 N–H and O–H groups in total. The van der Waals surface area contributed by atoms with E-state index < -0.39 is 0 Å². The average Bonchev–Trinajstić information content (AvgIpc) is 2.90. The molecule has 69 valence electrons. The summed E-state index contributed by atoms with van der Waals surface area (Å²) in [6, 6.07) is 1.73. The lowest BCUT2D eigenvalue weighted by molar-refractivity contribution is 0.274. The minimum atomic E-state index is 1.05. The van der Waals surface area contributed by atoms with Gasteiger partial charge in [0.05, 0.1) is 0 Å². The van der Waals surface area contributed by atoms with Crippen molar-refractivity contribution in [2.45, 2.75) is 44.9 Å². The highest BCUT2D eigenvalue weighted by Crippen LogP contribution is 2.34. The third-order valence-electron chi connectivity index (χ3n) is 3.20. The molecule has 0 heterocycles. The van der Waals surface area contributed by atoms with E-state index in [0.29, 0.717) is 0 Å². The van der Waals surface area contributed by atoms with E-state index in [-0.39, 0.29) is 0 Å². The summed E-state index contributed by atoms with van der Waals surface area (Å²) in [6.07, 6.45) is 10.1. The van der Waals surface area contributed by atoms with Crippen LogP contribution >= 0.6 is 0 Å². The molecule has 0 saturated heterocycles. The molecule has 12 heavy (non-hydrogen) atoms. The van der Waals surface area contributed by atoms with Crippen molar-refractivity contribution in [2.75, 3.05) is 13.6 Å². The Labute approximate surface area is 76.1 Å². The predicted octanol–water partition coefficient (Wildman–Crippen LogP) is 2.82. The topological polar surface area (TPSA) is 3.24 Å². The van der Waals surface area contributed by atoms with E-state index in [1.54, 1.807) is 6.04 Å². The zero-order valence-corrected chi connectivity index (χ0v) is 8.18. The van der Waals surface area contributed by atoms with Gasteiger partial charge < -0.3 is 0 Å². The molecule has 1 radical (unpaired) electrons. The van der Waals surface area contributed by atoms with E-state index in [1.165, 1.54) is 51.5 Å². The number of hydrogen-bond donors (Lipinski definition) is 0. The molecule has 2 aliphatic rings. The van der Waals surface area contributed by atoms with Crippen LogP contribution in [0.4, 0.5) is 0 Å². The Kier molecular flexibility index (Phi) is 2.69. The van der Waals surface area contributed by atoms with Crippen molar-refractivity contribution in [3.8, 4) is 0 Å². The Morgan fingerprint density at radius 2 is 1.83 bits per heavy atom. The summed E-state index contributed by atoms with van der Waals surface area (Å²) in [4.78, 5) is 2.54. The van der Waals surface area contributed by atoms with E-state index in [2.05, 4.69) is 11.9 Å². The first kappa shape index (κ1) is 8.55. The molecule has 0 atom stereocenters. The molecule has 0 aromatic rings. The van der Waals surface area contributed by atoms with Gasteiger partial charge in [-0.25, -0.2) is 0 Å². The molecule has 0 amide bonds. The molecule has 0 spiro atoms. The summed E-state index contributed by atoms with van der Waals surface area (Å²) < 4.78 is 0. The van der Waals surface area contributed by atoms with Gasteiger partial charge in [0.15, 0.2) is 0 Å². The van der Waals surface area contributed by atoms with Gasteiger partial charge >= 0.3 is 0 Å². The van der Waals surface area contributed by atoms with Crippen molar-refractivity contribution in [3.05, 3.63) is 6.04 Å². The predicted molar refractivity (Wildman–Crippen MR) is 51.7 cm³/mol. The van der Waals surface area contributed by atoms with E-state index in [0.717, 1.165) is 5.92 Å². The van der Waals surface area contributed by atoms with Crippen LogP contribution in [-0.2, 0) is 0 Å². The van der Waals surface area contributed by atoms with Gasteiger partial charge in [0.2, 0.25) is 0 Å². The van der Waals surface area contributed by atoms with Crippen molar-refractivity contribution >= 4 is 0 Å². The fourth-order valence-corrected chi connectivity index (χ4v) is 2.16. The first-order chi connectivity index (χ1) is 5.86. The molecule has 0 unspecified atom stereocenters. The Morgan fingerprint density at radius 1 is 1.17 bits per heavy atom. The van der Waals surface area contributed by atoms with Gasteiger partial charge in [-0.05, 0) is 38.6 Å². The lowest BCUT2D eigenvalue weighted by Crippen LogP contribution is -2.28. The number of rotatable bonds is 3. The van der Waals surface area contributed by atoms with Gasteiger partial charge in [-0.15, -0.1) is 0 Å². The largest absolute Gasteiger partial charge is 0.299 e. The van der Waals surface area contributed by atoms with Crippen LogP contribution in [0.3, 0.4) is 0 Å². The smallest absolute Gasteiger partial charge is 0.0390 e. The average molecular weight is 166 g/mol. The fraction of sp³-hybridized carbons (Fsp3) is 0.909. The maximum atomic E-state index is 2.54. The van der Waals surface area contributed by atoms with Crippen molar-refractivity contribution in [3.63, 3.8) is 0 Å².